The van der Waals surface area contributed by atoms with Gasteiger partial charge >= 0.3 is 0 Å². The predicted molar refractivity (Wildman–Crippen MR) is 87.3 cm³/mol. The van der Waals surface area contributed by atoms with E-state index in [-0.39, 0.29) is 0 Å². The summed E-state index contributed by atoms with van der Waals surface area (Å²) in [4.78, 5) is 2.32. The minimum atomic E-state index is 0.542. The molecule has 0 aliphatic carbocycles. The highest BCUT2D eigenvalue weighted by Gasteiger charge is 2.19. The Morgan fingerprint density at radius 3 is 2.81 bits per heavy atom. The van der Waals surface area contributed by atoms with E-state index in [0.29, 0.717) is 12.6 Å². The fraction of sp³-hybridized carbons (Fsp3) is 0.625. The number of ether oxygens (including phenoxy) is 2. The van der Waals surface area contributed by atoms with E-state index >= 15 is 0 Å². The minimum absolute atomic E-state index is 0.542. The van der Waals surface area contributed by atoms with E-state index in [1.54, 1.807) is 7.11 Å². The van der Waals surface area contributed by atoms with Gasteiger partial charge in [0.05, 0.1) is 6.61 Å². The largest absolute Gasteiger partial charge is 0.383 e. The van der Waals surface area contributed by atoms with Gasteiger partial charge in [-0.15, -0.1) is 0 Å². The molecule has 0 amide bonds. The van der Waals surface area contributed by atoms with Crippen molar-refractivity contribution in [2.75, 3.05) is 45.4 Å². The Balaban J connectivity index is 1.94. The lowest BCUT2D eigenvalue weighted by Crippen LogP contribution is -2.36. The molecule has 0 saturated carbocycles. The molecule has 0 spiro atoms. The van der Waals surface area contributed by atoms with Crippen molar-refractivity contribution in [1.82, 2.24) is 5.32 Å². The van der Waals surface area contributed by atoms with E-state index in [1.165, 1.54) is 5.69 Å². The zero-order chi connectivity index (χ0) is 15.1. The maximum Gasteiger partial charge on any atom is 0.0587 e. The van der Waals surface area contributed by atoms with Gasteiger partial charge in [-0.1, -0.05) is 17.7 Å². The van der Waals surface area contributed by atoms with Crippen molar-refractivity contribution >= 4 is 17.3 Å². The van der Waals surface area contributed by atoms with Crippen molar-refractivity contribution in [1.29, 1.82) is 0 Å². The van der Waals surface area contributed by atoms with Crippen molar-refractivity contribution < 1.29 is 9.47 Å². The van der Waals surface area contributed by atoms with Crippen LogP contribution in [0, 0.1) is 0 Å². The number of rotatable bonds is 7. The first-order valence-corrected chi connectivity index (χ1v) is 7.89. The van der Waals surface area contributed by atoms with Crippen molar-refractivity contribution in [3.8, 4) is 0 Å². The molecule has 1 N–H and O–H groups in total. The number of nitrogens with zero attached hydrogens (tertiary/aromatic N) is 1. The Morgan fingerprint density at radius 2 is 2.14 bits per heavy atom. The summed E-state index contributed by atoms with van der Waals surface area (Å²) in [6, 6.07) is 6.85. The lowest BCUT2D eigenvalue weighted by molar-refractivity contribution is 0.0855. The second-order valence-corrected chi connectivity index (χ2v) is 5.81. The Labute approximate surface area is 132 Å². The fourth-order valence-corrected chi connectivity index (χ4v) is 2.82. The first-order chi connectivity index (χ1) is 10.2. The van der Waals surface area contributed by atoms with Gasteiger partial charge in [0.1, 0.15) is 0 Å². The van der Waals surface area contributed by atoms with Crippen molar-refractivity contribution in [2.24, 2.45) is 0 Å². The Kier molecular flexibility index (Phi) is 6.77. The highest BCUT2D eigenvalue weighted by molar-refractivity contribution is 6.31. The Bertz CT molecular complexity index is 436. The molecule has 0 atom stereocenters. The molecular formula is C16H25ClN2O2. The highest BCUT2D eigenvalue weighted by Crippen LogP contribution is 2.26. The third kappa shape index (κ3) is 4.85. The summed E-state index contributed by atoms with van der Waals surface area (Å²) in [6.45, 7) is 4.01. The summed E-state index contributed by atoms with van der Waals surface area (Å²) < 4.78 is 10.4. The summed E-state index contributed by atoms with van der Waals surface area (Å²) in [5, 5.41) is 4.13. The standard InChI is InChI=1S/C16H25ClN2O2/c1-19(14-5-8-21-9-6-14)15-4-3-13(16(17)11-15)12-18-7-10-20-2/h3-4,11,14,18H,5-10,12H2,1-2H3. The third-order valence-corrected chi connectivity index (χ3v) is 4.33. The van der Waals surface area contributed by atoms with Crippen molar-refractivity contribution in [2.45, 2.75) is 25.4 Å². The van der Waals surface area contributed by atoms with Gasteiger partial charge in [0.25, 0.3) is 0 Å². The molecule has 0 unspecified atom stereocenters. The zero-order valence-corrected chi connectivity index (χ0v) is 13.7. The number of nitrogens with one attached hydrogen (secondary N) is 1. The van der Waals surface area contributed by atoms with Crippen LogP contribution in [0.4, 0.5) is 5.69 Å². The number of halogens is 1. The topological polar surface area (TPSA) is 33.7 Å². The van der Waals surface area contributed by atoms with Crippen LogP contribution in [0.2, 0.25) is 5.02 Å². The van der Waals surface area contributed by atoms with Gasteiger partial charge in [0.15, 0.2) is 0 Å². The van der Waals surface area contributed by atoms with Gasteiger partial charge in [-0.25, -0.2) is 0 Å². The normalized spacial score (nSPS) is 16.1. The maximum atomic E-state index is 6.40. The van der Waals surface area contributed by atoms with Crippen LogP contribution in [0.25, 0.3) is 0 Å². The van der Waals surface area contributed by atoms with E-state index in [9.17, 15) is 0 Å². The van der Waals surface area contributed by atoms with E-state index in [1.807, 2.05) is 0 Å². The summed E-state index contributed by atoms with van der Waals surface area (Å²) in [6.07, 6.45) is 2.16. The molecule has 1 aliphatic rings. The van der Waals surface area contributed by atoms with Gasteiger partial charge < -0.3 is 19.7 Å². The van der Waals surface area contributed by atoms with Gasteiger partial charge in [-0.05, 0) is 30.5 Å². The van der Waals surface area contributed by atoms with Crippen LogP contribution in [0.3, 0.4) is 0 Å². The van der Waals surface area contributed by atoms with Crippen molar-refractivity contribution in [3.63, 3.8) is 0 Å². The van der Waals surface area contributed by atoms with E-state index in [2.05, 4.69) is 35.5 Å². The molecule has 0 aromatic heterocycles. The fourth-order valence-electron chi connectivity index (χ4n) is 2.58. The summed E-state index contributed by atoms with van der Waals surface area (Å²) in [7, 11) is 3.84. The molecular weight excluding hydrogens is 288 g/mol. The molecule has 1 aromatic carbocycles. The zero-order valence-electron chi connectivity index (χ0n) is 12.9. The van der Waals surface area contributed by atoms with Crippen LogP contribution in [-0.2, 0) is 16.0 Å². The number of methoxy groups -OCH3 is 1. The second kappa shape index (κ2) is 8.59. The molecule has 2 rings (SSSR count). The van der Waals surface area contributed by atoms with Gasteiger partial charge in [-0.3, -0.25) is 0 Å². The van der Waals surface area contributed by atoms with Crippen LogP contribution in [0.1, 0.15) is 18.4 Å². The van der Waals surface area contributed by atoms with Crippen LogP contribution in [-0.4, -0.2) is 46.6 Å². The van der Waals surface area contributed by atoms with Crippen LogP contribution in [0.15, 0.2) is 18.2 Å². The van der Waals surface area contributed by atoms with Crippen LogP contribution >= 0.6 is 11.6 Å². The number of benzene rings is 1. The summed E-state index contributed by atoms with van der Waals surface area (Å²) in [5.74, 6) is 0. The van der Waals surface area contributed by atoms with Crippen LogP contribution < -0.4 is 10.2 Å². The summed E-state index contributed by atoms with van der Waals surface area (Å²) >= 11 is 6.40. The lowest BCUT2D eigenvalue weighted by atomic mass is 10.1. The monoisotopic (exact) mass is 312 g/mol. The highest BCUT2D eigenvalue weighted by atomic mass is 35.5. The molecule has 1 aromatic rings. The Hall–Kier alpha value is -0.810. The smallest absolute Gasteiger partial charge is 0.0587 e. The van der Waals surface area contributed by atoms with Gasteiger partial charge in [0.2, 0.25) is 0 Å². The molecule has 1 saturated heterocycles. The molecule has 1 heterocycles. The molecule has 118 valence electrons. The van der Waals surface area contributed by atoms with E-state index in [4.69, 9.17) is 21.1 Å². The summed E-state index contributed by atoms with van der Waals surface area (Å²) in [5.41, 5.74) is 2.30. The minimum Gasteiger partial charge on any atom is -0.383 e. The van der Waals surface area contributed by atoms with Crippen molar-refractivity contribution in [3.05, 3.63) is 28.8 Å². The molecule has 1 aliphatic heterocycles. The number of hydrogen-bond donors (Lipinski definition) is 1. The third-order valence-electron chi connectivity index (χ3n) is 3.98. The predicted octanol–water partition coefficient (Wildman–Crippen LogP) is 2.69. The van der Waals surface area contributed by atoms with E-state index < -0.39 is 0 Å². The van der Waals surface area contributed by atoms with Crippen LogP contribution in [0.5, 0.6) is 0 Å². The molecule has 0 bridgehead atoms. The molecule has 0 radical (unpaired) electrons. The van der Waals surface area contributed by atoms with E-state index in [0.717, 1.165) is 49.7 Å². The quantitative estimate of drug-likeness (QED) is 0.785. The van der Waals surface area contributed by atoms with Gasteiger partial charge in [-0.2, -0.15) is 0 Å². The number of hydrogen-bond acceptors (Lipinski definition) is 4. The Morgan fingerprint density at radius 1 is 1.38 bits per heavy atom. The second-order valence-electron chi connectivity index (χ2n) is 5.40. The average Bonchev–Trinajstić information content (AvgIpc) is 2.53. The molecule has 21 heavy (non-hydrogen) atoms. The lowest BCUT2D eigenvalue weighted by Gasteiger charge is -2.33. The van der Waals surface area contributed by atoms with Gasteiger partial charge in [0, 0.05) is 57.2 Å². The first kappa shape index (κ1) is 16.6. The SMILES string of the molecule is COCCNCc1ccc(N(C)C2CCOCC2)cc1Cl. The first-order valence-electron chi connectivity index (χ1n) is 7.51. The molecule has 4 nitrogen and oxygen atoms in total. The maximum absolute atomic E-state index is 6.40. The molecule has 1 fully saturated rings. The average molecular weight is 313 g/mol. The molecule has 5 heteroatoms. The number of anilines is 1.